The molecule has 1 heterocycles. The van der Waals surface area contributed by atoms with E-state index in [-0.39, 0.29) is 17.7 Å². The van der Waals surface area contributed by atoms with E-state index in [0.29, 0.717) is 17.2 Å². The first-order valence-electron chi connectivity index (χ1n) is 6.80. The number of nitrogens with one attached hydrogen (secondary N) is 2. The maximum Gasteiger partial charge on any atom is 0.257 e. The molecule has 21 heavy (non-hydrogen) atoms. The molecule has 1 aromatic carbocycles. The summed E-state index contributed by atoms with van der Waals surface area (Å²) in [5, 5.41) is 8.02. The van der Waals surface area contributed by atoms with Crippen LogP contribution in [-0.2, 0) is 11.3 Å². The van der Waals surface area contributed by atoms with Crippen LogP contribution in [0.2, 0.25) is 0 Å². The number of anilines is 1. The van der Waals surface area contributed by atoms with Gasteiger partial charge in [-0.05, 0) is 30.5 Å². The first-order valence-corrected chi connectivity index (χ1v) is 7.68. The Morgan fingerprint density at radius 1 is 1.24 bits per heavy atom. The van der Waals surface area contributed by atoms with Crippen molar-refractivity contribution in [1.29, 1.82) is 0 Å². The number of rotatable bonds is 5. The van der Waals surface area contributed by atoms with Crippen molar-refractivity contribution in [3.05, 3.63) is 47.0 Å². The minimum absolute atomic E-state index is 0.126. The van der Waals surface area contributed by atoms with Gasteiger partial charge in [0.2, 0.25) is 5.91 Å². The zero-order valence-corrected chi connectivity index (χ0v) is 12.2. The molecule has 1 aliphatic rings. The molecule has 0 atom stereocenters. The lowest BCUT2D eigenvalue weighted by Crippen LogP contribution is -2.24. The quantitative estimate of drug-likeness (QED) is 0.891. The molecule has 1 saturated carbocycles. The summed E-state index contributed by atoms with van der Waals surface area (Å²) in [6.07, 6.45) is 3.65. The van der Waals surface area contributed by atoms with E-state index in [1.54, 1.807) is 23.7 Å². The van der Waals surface area contributed by atoms with Crippen molar-refractivity contribution < 1.29 is 9.59 Å². The predicted octanol–water partition coefficient (Wildman–Crippen LogP) is 2.42. The fourth-order valence-electron chi connectivity index (χ4n) is 1.91. The van der Waals surface area contributed by atoms with Crippen molar-refractivity contribution in [3.8, 4) is 0 Å². The second-order valence-corrected chi connectivity index (χ2v) is 5.87. The number of amides is 2. The normalized spacial score (nSPS) is 13.7. The molecule has 2 amide bonds. The molecule has 0 spiro atoms. The SMILES string of the molecule is O=C(Nc1nccs1)c1ccc(CNC(=O)C2CC2)cc1. The Morgan fingerprint density at radius 3 is 2.62 bits per heavy atom. The van der Waals surface area contributed by atoms with Crippen LogP contribution in [-0.4, -0.2) is 16.8 Å². The van der Waals surface area contributed by atoms with Gasteiger partial charge in [0, 0.05) is 29.6 Å². The van der Waals surface area contributed by atoms with Crippen molar-refractivity contribution >= 4 is 28.3 Å². The fourth-order valence-corrected chi connectivity index (χ4v) is 2.43. The molecule has 2 N–H and O–H groups in total. The van der Waals surface area contributed by atoms with E-state index < -0.39 is 0 Å². The van der Waals surface area contributed by atoms with Gasteiger partial charge in [0.1, 0.15) is 0 Å². The van der Waals surface area contributed by atoms with E-state index in [9.17, 15) is 9.59 Å². The van der Waals surface area contributed by atoms with E-state index in [2.05, 4.69) is 15.6 Å². The smallest absolute Gasteiger partial charge is 0.257 e. The van der Waals surface area contributed by atoms with Crippen LogP contribution in [0.1, 0.15) is 28.8 Å². The van der Waals surface area contributed by atoms with Crippen molar-refractivity contribution in [1.82, 2.24) is 10.3 Å². The lowest BCUT2D eigenvalue weighted by Gasteiger charge is -2.06. The van der Waals surface area contributed by atoms with Gasteiger partial charge in [-0.2, -0.15) is 0 Å². The monoisotopic (exact) mass is 301 g/mol. The lowest BCUT2D eigenvalue weighted by atomic mass is 10.1. The summed E-state index contributed by atoms with van der Waals surface area (Å²) in [6.45, 7) is 0.504. The van der Waals surface area contributed by atoms with Crippen molar-refractivity contribution in [2.45, 2.75) is 19.4 Å². The van der Waals surface area contributed by atoms with Crippen LogP contribution in [0.15, 0.2) is 35.8 Å². The highest BCUT2D eigenvalue weighted by molar-refractivity contribution is 7.13. The van der Waals surface area contributed by atoms with Crippen LogP contribution in [0.25, 0.3) is 0 Å². The Morgan fingerprint density at radius 2 is 2.00 bits per heavy atom. The Labute approximate surface area is 126 Å². The largest absolute Gasteiger partial charge is 0.352 e. The third kappa shape index (κ3) is 3.66. The number of thiazole rings is 1. The fraction of sp³-hybridized carbons (Fsp3) is 0.267. The molecule has 3 rings (SSSR count). The highest BCUT2D eigenvalue weighted by atomic mass is 32.1. The Balaban J connectivity index is 1.55. The van der Waals surface area contributed by atoms with Gasteiger partial charge in [0.05, 0.1) is 0 Å². The maximum absolute atomic E-state index is 12.0. The summed E-state index contributed by atoms with van der Waals surface area (Å²) in [5.41, 5.74) is 1.55. The standard InChI is InChI=1S/C15H15N3O2S/c19-13(11-5-6-11)17-9-10-1-3-12(4-2-10)14(20)18-15-16-7-8-21-15/h1-4,7-8,11H,5-6,9H2,(H,17,19)(H,16,18,20). The number of aromatic nitrogens is 1. The summed E-state index contributed by atoms with van der Waals surface area (Å²) in [6, 6.07) is 7.21. The highest BCUT2D eigenvalue weighted by Gasteiger charge is 2.29. The number of hydrogen-bond acceptors (Lipinski definition) is 4. The molecular weight excluding hydrogens is 286 g/mol. The number of carbonyl (C=O) groups is 2. The van der Waals surface area contributed by atoms with Crippen molar-refractivity contribution in [3.63, 3.8) is 0 Å². The zero-order valence-electron chi connectivity index (χ0n) is 11.3. The molecule has 0 unspecified atom stereocenters. The summed E-state index contributed by atoms with van der Waals surface area (Å²) in [5.74, 6) is 0.160. The Kier molecular flexibility index (Phi) is 3.96. The number of hydrogen-bond donors (Lipinski definition) is 2. The van der Waals surface area contributed by atoms with Gasteiger partial charge in [0.25, 0.3) is 5.91 Å². The van der Waals surface area contributed by atoms with Gasteiger partial charge < -0.3 is 5.32 Å². The van der Waals surface area contributed by atoms with E-state index in [1.807, 2.05) is 12.1 Å². The van der Waals surface area contributed by atoms with Crippen LogP contribution < -0.4 is 10.6 Å². The van der Waals surface area contributed by atoms with Gasteiger partial charge in [-0.25, -0.2) is 4.98 Å². The second-order valence-electron chi connectivity index (χ2n) is 4.98. The molecule has 108 valence electrons. The van der Waals surface area contributed by atoms with Crippen molar-refractivity contribution in [2.24, 2.45) is 5.92 Å². The van der Waals surface area contributed by atoms with E-state index in [1.165, 1.54) is 11.3 Å². The first-order chi connectivity index (χ1) is 10.2. The van der Waals surface area contributed by atoms with Crippen LogP contribution in [0, 0.1) is 5.92 Å². The maximum atomic E-state index is 12.0. The summed E-state index contributed by atoms with van der Waals surface area (Å²) in [4.78, 5) is 27.5. The molecule has 1 aromatic heterocycles. The van der Waals surface area contributed by atoms with E-state index in [0.717, 1.165) is 18.4 Å². The first kappa shape index (κ1) is 13.8. The molecular formula is C15H15N3O2S. The second kappa shape index (κ2) is 6.05. The number of nitrogens with zero attached hydrogens (tertiary/aromatic N) is 1. The molecule has 6 heteroatoms. The van der Waals surface area contributed by atoms with Crippen LogP contribution >= 0.6 is 11.3 Å². The molecule has 0 aliphatic heterocycles. The summed E-state index contributed by atoms with van der Waals surface area (Å²) in [7, 11) is 0. The average Bonchev–Trinajstić information content (AvgIpc) is 3.24. The van der Waals surface area contributed by atoms with Gasteiger partial charge in [0.15, 0.2) is 5.13 Å². The topological polar surface area (TPSA) is 71.1 Å². The molecule has 1 fully saturated rings. The molecule has 5 nitrogen and oxygen atoms in total. The summed E-state index contributed by atoms with van der Waals surface area (Å²) < 4.78 is 0. The zero-order chi connectivity index (χ0) is 14.7. The molecule has 0 saturated heterocycles. The lowest BCUT2D eigenvalue weighted by molar-refractivity contribution is -0.122. The van der Waals surface area contributed by atoms with Crippen LogP contribution in [0.3, 0.4) is 0 Å². The predicted molar refractivity (Wildman–Crippen MR) is 81.1 cm³/mol. The third-order valence-electron chi connectivity index (χ3n) is 3.28. The Bertz CT molecular complexity index is 633. The minimum atomic E-state index is -0.182. The highest BCUT2D eigenvalue weighted by Crippen LogP contribution is 2.28. The van der Waals surface area contributed by atoms with Crippen molar-refractivity contribution in [2.75, 3.05) is 5.32 Å². The molecule has 2 aromatic rings. The van der Waals surface area contributed by atoms with E-state index >= 15 is 0 Å². The van der Waals surface area contributed by atoms with E-state index in [4.69, 9.17) is 0 Å². The molecule has 0 bridgehead atoms. The van der Waals surface area contributed by atoms with Gasteiger partial charge in [-0.15, -0.1) is 11.3 Å². The molecule has 1 aliphatic carbocycles. The average molecular weight is 301 g/mol. The van der Waals surface area contributed by atoms with Gasteiger partial charge >= 0.3 is 0 Å². The number of benzene rings is 1. The molecule has 0 radical (unpaired) electrons. The van der Waals surface area contributed by atoms with Crippen LogP contribution in [0.4, 0.5) is 5.13 Å². The van der Waals surface area contributed by atoms with Gasteiger partial charge in [-0.3, -0.25) is 14.9 Å². The summed E-state index contributed by atoms with van der Waals surface area (Å²) >= 11 is 1.38. The Hall–Kier alpha value is -2.21. The van der Waals surface area contributed by atoms with Crippen LogP contribution in [0.5, 0.6) is 0 Å². The number of carbonyl (C=O) groups excluding carboxylic acids is 2. The third-order valence-corrected chi connectivity index (χ3v) is 3.97. The minimum Gasteiger partial charge on any atom is -0.352 e. The van der Waals surface area contributed by atoms with Gasteiger partial charge in [-0.1, -0.05) is 12.1 Å².